The molecule has 78 valence electrons. The minimum absolute atomic E-state index is 0.114. The van der Waals surface area contributed by atoms with Crippen LogP contribution in [0.2, 0.25) is 0 Å². The first-order chi connectivity index (χ1) is 6.58. The van der Waals surface area contributed by atoms with Gasteiger partial charge in [-0.1, -0.05) is 30.3 Å². The molecule has 0 atom stereocenters. The van der Waals surface area contributed by atoms with Gasteiger partial charge in [0.1, 0.15) is 0 Å². The summed E-state index contributed by atoms with van der Waals surface area (Å²) in [6.07, 6.45) is 0.997. The van der Waals surface area contributed by atoms with Gasteiger partial charge in [0, 0.05) is 6.54 Å². The molecule has 0 saturated heterocycles. The molecular weight excluding hydrogens is 174 g/mol. The summed E-state index contributed by atoms with van der Waals surface area (Å²) in [7, 11) is 0. The summed E-state index contributed by atoms with van der Waals surface area (Å²) < 4.78 is 0. The number of hydroxylamine groups is 1. The maximum Gasteiger partial charge on any atom is 0.0812 e. The second-order valence-corrected chi connectivity index (χ2v) is 4.34. The Morgan fingerprint density at radius 1 is 1.14 bits per heavy atom. The lowest BCUT2D eigenvalue weighted by Gasteiger charge is -2.19. The van der Waals surface area contributed by atoms with E-state index in [2.05, 4.69) is 29.7 Å². The molecule has 0 radical (unpaired) electrons. The minimum Gasteiger partial charge on any atom is -0.296 e. The van der Waals surface area contributed by atoms with Gasteiger partial charge in [0.2, 0.25) is 0 Å². The van der Waals surface area contributed by atoms with Crippen LogP contribution in [0.15, 0.2) is 30.3 Å². The van der Waals surface area contributed by atoms with Gasteiger partial charge < -0.3 is 0 Å². The van der Waals surface area contributed by atoms with Crippen LogP contribution in [0.1, 0.15) is 26.3 Å². The van der Waals surface area contributed by atoms with Crippen molar-refractivity contribution in [1.82, 2.24) is 5.48 Å². The molecule has 0 unspecified atom stereocenters. The second kappa shape index (κ2) is 5.13. The van der Waals surface area contributed by atoms with Crippen LogP contribution in [0.3, 0.4) is 0 Å². The minimum atomic E-state index is -0.114. The first kappa shape index (κ1) is 11.2. The Hall–Kier alpha value is -0.860. The van der Waals surface area contributed by atoms with E-state index in [1.807, 2.05) is 26.8 Å². The van der Waals surface area contributed by atoms with E-state index < -0.39 is 0 Å². The summed E-state index contributed by atoms with van der Waals surface area (Å²) in [5.74, 6) is 0. The van der Waals surface area contributed by atoms with Gasteiger partial charge in [-0.05, 0) is 32.8 Å². The van der Waals surface area contributed by atoms with Gasteiger partial charge in [-0.15, -0.1) is 0 Å². The highest BCUT2D eigenvalue weighted by molar-refractivity contribution is 5.14. The Morgan fingerprint density at radius 2 is 1.79 bits per heavy atom. The predicted molar refractivity (Wildman–Crippen MR) is 59.0 cm³/mol. The van der Waals surface area contributed by atoms with Crippen molar-refractivity contribution in [2.75, 3.05) is 6.54 Å². The Labute approximate surface area is 86.2 Å². The molecule has 2 heteroatoms. The van der Waals surface area contributed by atoms with Gasteiger partial charge in [0.15, 0.2) is 0 Å². The molecule has 0 aliphatic heterocycles. The lowest BCUT2D eigenvalue weighted by Crippen LogP contribution is -2.30. The van der Waals surface area contributed by atoms with Crippen LogP contribution in [-0.4, -0.2) is 12.1 Å². The van der Waals surface area contributed by atoms with Crippen molar-refractivity contribution in [3.8, 4) is 0 Å². The van der Waals surface area contributed by atoms with Crippen LogP contribution in [-0.2, 0) is 11.3 Å². The number of rotatable bonds is 4. The highest BCUT2D eigenvalue weighted by atomic mass is 16.7. The van der Waals surface area contributed by atoms with Crippen LogP contribution in [0.4, 0.5) is 0 Å². The SMILES string of the molecule is CC(C)(C)ONCCc1ccccc1. The van der Waals surface area contributed by atoms with E-state index in [1.165, 1.54) is 5.56 Å². The smallest absolute Gasteiger partial charge is 0.0812 e. The standard InChI is InChI=1S/C12H19NO/c1-12(2,3)14-13-10-9-11-7-5-4-6-8-11/h4-8,13H,9-10H2,1-3H3. The largest absolute Gasteiger partial charge is 0.296 e. The Balaban J connectivity index is 2.17. The van der Waals surface area contributed by atoms with Gasteiger partial charge in [-0.25, -0.2) is 5.48 Å². The number of hydrogen-bond donors (Lipinski definition) is 1. The second-order valence-electron chi connectivity index (χ2n) is 4.34. The normalized spacial score (nSPS) is 11.6. The molecule has 1 N–H and O–H groups in total. The van der Waals surface area contributed by atoms with Gasteiger partial charge >= 0.3 is 0 Å². The van der Waals surface area contributed by atoms with E-state index in [0.29, 0.717) is 0 Å². The zero-order valence-corrected chi connectivity index (χ0v) is 9.21. The third-order valence-corrected chi connectivity index (χ3v) is 1.74. The van der Waals surface area contributed by atoms with Crippen molar-refractivity contribution >= 4 is 0 Å². The fourth-order valence-corrected chi connectivity index (χ4v) is 1.11. The molecule has 0 amide bonds. The maximum atomic E-state index is 5.40. The highest BCUT2D eigenvalue weighted by Gasteiger charge is 2.09. The van der Waals surface area contributed by atoms with E-state index in [4.69, 9.17) is 4.84 Å². The average Bonchev–Trinajstić information content (AvgIpc) is 2.13. The lowest BCUT2D eigenvalue weighted by atomic mass is 10.2. The van der Waals surface area contributed by atoms with Crippen molar-refractivity contribution < 1.29 is 4.84 Å². The Morgan fingerprint density at radius 3 is 2.36 bits per heavy atom. The zero-order chi connectivity index (χ0) is 10.4. The summed E-state index contributed by atoms with van der Waals surface area (Å²) in [6, 6.07) is 10.4. The summed E-state index contributed by atoms with van der Waals surface area (Å²) in [5.41, 5.74) is 4.19. The summed E-state index contributed by atoms with van der Waals surface area (Å²) in [5, 5.41) is 0. The summed E-state index contributed by atoms with van der Waals surface area (Å²) in [6.45, 7) is 6.94. The monoisotopic (exact) mass is 193 g/mol. The summed E-state index contributed by atoms with van der Waals surface area (Å²) in [4.78, 5) is 5.40. The van der Waals surface area contributed by atoms with Crippen LogP contribution < -0.4 is 5.48 Å². The zero-order valence-electron chi connectivity index (χ0n) is 9.21. The Kier molecular flexibility index (Phi) is 4.11. The molecule has 2 nitrogen and oxygen atoms in total. The van der Waals surface area contributed by atoms with Crippen LogP contribution in [0.25, 0.3) is 0 Å². The van der Waals surface area contributed by atoms with Crippen molar-refractivity contribution in [3.63, 3.8) is 0 Å². The molecule has 0 heterocycles. The quantitative estimate of drug-likeness (QED) is 0.586. The fourth-order valence-electron chi connectivity index (χ4n) is 1.11. The third-order valence-electron chi connectivity index (χ3n) is 1.74. The summed E-state index contributed by atoms with van der Waals surface area (Å²) >= 11 is 0. The van der Waals surface area contributed by atoms with Crippen LogP contribution in [0.5, 0.6) is 0 Å². The van der Waals surface area contributed by atoms with E-state index in [0.717, 1.165) is 13.0 Å². The Bertz CT molecular complexity index is 251. The molecule has 0 aliphatic carbocycles. The average molecular weight is 193 g/mol. The van der Waals surface area contributed by atoms with E-state index in [-0.39, 0.29) is 5.60 Å². The molecule has 1 rings (SSSR count). The van der Waals surface area contributed by atoms with Crippen molar-refractivity contribution in [3.05, 3.63) is 35.9 Å². The maximum absolute atomic E-state index is 5.40. The molecule has 0 saturated carbocycles. The van der Waals surface area contributed by atoms with Crippen molar-refractivity contribution in [2.24, 2.45) is 0 Å². The molecule has 14 heavy (non-hydrogen) atoms. The topological polar surface area (TPSA) is 21.3 Å². The lowest BCUT2D eigenvalue weighted by molar-refractivity contribution is -0.0717. The molecule has 0 aliphatic rings. The van der Waals surface area contributed by atoms with Gasteiger partial charge in [-0.2, -0.15) is 0 Å². The van der Waals surface area contributed by atoms with E-state index >= 15 is 0 Å². The predicted octanol–water partition coefficient (Wildman–Crippen LogP) is 2.55. The van der Waals surface area contributed by atoms with E-state index in [9.17, 15) is 0 Å². The molecule has 1 aromatic rings. The number of hydrogen-bond acceptors (Lipinski definition) is 2. The molecule has 0 bridgehead atoms. The third kappa shape index (κ3) is 5.00. The fraction of sp³-hybridized carbons (Fsp3) is 0.500. The van der Waals surface area contributed by atoms with Crippen molar-refractivity contribution in [1.29, 1.82) is 0 Å². The molecule has 0 aromatic heterocycles. The first-order valence-electron chi connectivity index (χ1n) is 5.03. The van der Waals surface area contributed by atoms with Crippen LogP contribution >= 0.6 is 0 Å². The number of benzene rings is 1. The van der Waals surface area contributed by atoms with Gasteiger partial charge in [0.25, 0.3) is 0 Å². The molecule has 0 spiro atoms. The van der Waals surface area contributed by atoms with Gasteiger partial charge in [0.05, 0.1) is 5.60 Å². The first-order valence-corrected chi connectivity index (χ1v) is 5.03. The van der Waals surface area contributed by atoms with Crippen molar-refractivity contribution in [2.45, 2.75) is 32.8 Å². The molecular formula is C12H19NO. The van der Waals surface area contributed by atoms with Gasteiger partial charge in [-0.3, -0.25) is 4.84 Å². The molecule has 1 aromatic carbocycles. The van der Waals surface area contributed by atoms with Crippen LogP contribution in [0, 0.1) is 0 Å². The number of nitrogens with one attached hydrogen (secondary N) is 1. The highest BCUT2D eigenvalue weighted by Crippen LogP contribution is 2.04. The van der Waals surface area contributed by atoms with E-state index in [1.54, 1.807) is 0 Å². The molecule has 0 fully saturated rings.